The summed E-state index contributed by atoms with van der Waals surface area (Å²) < 4.78 is 0. The largest absolute Gasteiger partial charge is 0.382 e. The van der Waals surface area contributed by atoms with E-state index in [2.05, 4.69) is 25.5 Å². The maximum atomic E-state index is 12.7. The van der Waals surface area contributed by atoms with Gasteiger partial charge in [0.1, 0.15) is 5.82 Å². The van der Waals surface area contributed by atoms with Crippen LogP contribution in [0.5, 0.6) is 0 Å². The number of nitrogens with zero attached hydrogens (tertiary/aromatic N) is 2. The highest BCUT2D eigenvalue weighted by Crippen LogP contribution is 2.26. The number of H-pyrrole nitrogens is 2. The lowest BCUT2D eigenvalue weighted by Gasteiger charge is -2.14. The first-order valence-electron chi connectivity index (χ1n) is 11.4. The minimum atomic E-state index is -0.609. The summed E-state index contributed by atoms with van der Waals surface area (Å²) in [5, 5.41) is 10.7. The van der Waals surface area contributed by atoms with Crippen molar-refractivity contribution in [3.63, 3.8) is 0 Å². The Labute approximate surface area is 206 Å². The molecule has 0 spiro atoms. The molecule has 0 unspecified atom stereocenters. The Bertz CT molecular complexity index is 1550. The monoisotopic (exact) mass is 478 g/mol. The van der Waals surface area contributed by atoms with Gasteiger partial charge in [0.2, 0.25) is 5.91 Å². The van der Waals surface area contributed by atoms with E-state index in [0.29, 0.717) is 23.8 Å². The van der Waals surface area contributed by atoms with Crippen molar-refractivity contribution >= 4 is 34.2 Å². The second-order valence-electron chi connectivity index (χ2n) is 8.36. The van der Waals surface area contributed by atoms with Gasteiger partial charge in [-0.1, -0.05) is 48.5 Å². The summed E-state index contributed by atoms with van der Waals surface area (Å²) in [6.45, 7) is 0. The number of para-hydroxylation sites is 1. The number of primary amides is 1. The summed E-state index contributed by atoms with van der Waals surface area (Å²) in [6.07, 6.45) is 4.31. The molecular weight excluding hydrogens is 454 g/mol. The summed E-state index contributed by atoms with van der Waals surface area (Å²) in [5.74, 6) is 0.269. The van der Waals surface area contributed by atoms with E-state index in [4.69, 9.17) is 11.5 Å². The molecule has 179 valence electrons. The lowest BCUT2D eigenvalue weighted by molar-refractivity contribution is -0.115. The predicted octanol–water partition coefficient (Wildman–Crippen LogP) is 3.61. The molecule has 0 fully saturated rings. The van der Waals surface area contributed by atoms with Crippen LogP contribution >= 0.6 is 0 Å². The van der Waals surface area contributed by atoms with E-state index < -0.39 is 5.91 Å². The van der Waals surface area contributed by atoms with Gasteiger partial charge in [0.15, 0.2) is 5.82 Å². The Balaban J connectivity index is 1.33. The minimum absolute atomic E-state index is 0.185. The van der Waals surface area contributed by atoms with Crippen molar-refractivity contribution in [1.29, 1.82) is 0 Å². The molecule has 7 N–H and O–H groups in total. The molecule has 2 heterocycles. The molecule has 0 aliphatic heterocycles. The average molecular weight is 479 g/mol. The van der Waals surface area contributed by atoms with Crippen LogP contribution in [-0.4, -0.2) is 32.0 Å². The molecule has 36 heavy (non-hydrogen) atoms. The number of rotatable bonds is 8. The smallest absolute Gasteiger partial charge is 0.250 e. The van der Waals surface area contributed by atoms with Crippen LogP contribution in [0.4, 0.5) is 11.5 Å². The summed E-state index contributed by atoms with van der Waals surface area (Å²) in [5.41, 5.74) is 16.2. The number of nitrogens with one attached hydrogen (secondary N) is 3. The van der Waals surface area contributed by atoms with Gasteiger partial charge in [0.05, 0.1) is 28.9 Å². The van der Waals surface area contributed by atoms with E-state index in [9.17, 15) is 9.59 Å². The van der Waals surface area contributed by atoms with Crippen LogP contribution in [0.1, 0.15) is 27.3 Å². The third-order valence-corrected chi connectivity index (χ3v) is 5.89. The zero-order valence-electron chi connectivity index (χ0n) is 19.3. The molecule has 0 aliphatic carbocycles. The second kappa shape index (κ2) is 9.75. The number of hydrogen-bond acceptors (Lipinski definition) is 5. The molecule has 2 aromatic heterocycles. The van der Waals surface area contributed by atoms with Crippen LogP contribution in [0.25, 0.3) is 22.2 Å². The summed E-state index contributed by atoms with van der Waals surface area (Å²) in [4.78, 5) is 32.6. The number of nitrogens with two attached hydrogens (primary N) is 2. The van der Waals surface area contributed by atoms with Crippen molar-refractivity contribution in [3.05, 3.63) is 102 Å². The van der Waals surface area contributed by atoms with Crippen LogP contribution in [0.3, 0.4) is 0 Å². The molecule has 1 radical (unpaired) electrons. The fourth-order valence-corrected chi connectivity index (χ4v) is 4.08. The van der Waals surface area contributed by atoms with Crippen molar-refractivity contribution in [2.75, 3.05) is 11.1 Å². The highest BCUT2D eigenvalue weighted by Gasteiger charge is 2.16. The van der Waals surface area contributed by atoms with Crippen LogP contribution in [0.15, 0.2) is 72.9 Å². The van der Waals surface area contributed by atoms with Gasteiger partial charge < -0.3 is 21.8 Å². The Morgan fingerprint density at radius 3 is 2.67 bits per heavy atom. The lowest BCUT2D eigenvalue weighted by atomic mass is 10.0. The van der Waals surface area contributed by atoms with Crippen LogP contribution in [0, 0.1) is 6.42 Å². The van der Waals surface area contributed by atoms with Crippen molar-refractivity contribution in [3.8, 4) is 11.3 Å². The SMILES string of the molecule is NC(=O)c1cccc(C[CH]c2nc(-c3ccc4c(N)n[nH]c4c3)c[nH]2)c1NC(=O)Cc1ccccc1. The quantitative estimate of drug-likeness (QED) is 0.230. The molecule has 3 aromatic carbocycles. The second-order valence-corrected chi connectivity index (χ2v) is 8.36. The van der Waals surface area contributed by atoms with Gasteiger partial charge in [-0.25, -0.2) is 4.98 Å². The topological polar surface area (TPSA) is 156 Å². The number of amides is 2. The Morgan fingerprint density at radius 1 is 1.03 bits per heavy atom. The zero-order valence-corrected chi connectivity index (χ0v) is 19.3. The van der Waals surface area contributed by atoms with Gasteiger partial charge in [-0.3, -0.25) is 14.7 Å². The molecule has 0 saturated heterocycles. The van der Waals surface area contributed by atoms with E-state index in [0.717, 1.165) is 33.3 Å². The Kier molecular flexibility index (Phi) is 6.19. The number of carbonyl (C=O) groups is 2. The molecule has 0 saturated carbocycles. The third kappa shape index (κ3) is 4.80. The third-order valence-electron chi connectivity index (χ3n) is 5.89. The molecule has 9 heteroatoms. The van der Waals surface area contributed by atoms with Crippen LogP contribution in [0.2, 0.25) is 0 Å². The van der Waals surface area contributed by atoms with Crippen molar-refractivity contribution < 1.29 is 9.59 Å². The molecule has 5 rings (SSSR count). The first kappa shape index (κ1) is 22.9. The molecule has 0 bridgehead atoms. The summed E-state index contributed by atoms with van der Waals surface area (Å²) >= 11 is 0. The maximum Gasteiger partial charge on any atom is 0.250 e. The van der Waals surface area contributed by atoms with Gasteiger partial charge in [-0.2, -0.15) is 5.10 Å². The molecule has 2 amide bonds. The minimum Gasteiger partial charge on any atom is -0.382 e. The molecule has 0 aliphatic rings. The average Bonchev–Trinajstić information content (AvgIpc) is 3.50. The van der Waals surface area contributed by atoms with Crippen LogP contribution < -0.4 is 16.8 Å². The number of aromatic nitrogens is 4. The van der Waals surface area contributed by atoms with Crippen LogP contribution in [-0.2, 0) is 17.6 Å². The number of anilines is 2. The molecule has 9 nitrogen and oxygen atoms in total. The summed E-state index contributed by atoms with van der Waals surface area (Å²) in [7, 11) is 0. The number of nitrogen functional groups attached to an aromatic ring is 1. The zero-order chi connectivity index (χ0) is 25.1. The van der Waals surface area contributed by atoms with E-state index in [-0.39, 0.29) is 17.9 Å². The van der Waals surface area contributed by atoms with Gasteiger partial charge in [-0.05, 0) is 35.7 Å². The fraction of sp³-hybridized carbons (Fsp3) is 0.0741. The lowest BCUT2D eigenvalue weighted by Crippen LogP contribution is -2.21. The summed E-state index contributed by atoms with van der Waals surface area (Å²) in [6, 6.07) is 20.4. The first-order chi connectivity index (χ1) is 17.5. The maximum absolute atomic E-state index is 12.7. The number of hydrogen-bond donors (Lipinski definition) is 5. The van der Waals surface area contributed by atoms with E-state index in [1.807, 2.05) is 67.2 Å². The van der Waals surface area contributed by atoms with Gasteiger partial charge in [-0.15, -0.1) is 0 Å². The predicted molar refractivity (Wildman–Crippen MR) is 139 cm³/mol. The normalized spacial score (nSPS) is 11.0. The molecule has 5 aromatic rings. The van der Waals surface area contributed by atoms with E-state index in [1.54, 1.807) is 12.1 Å². The van der Waals surface area contributed by atoms with Crippen molar-refractivity contribution in [2.45, 2.75) is 12.8 Å². The van der Waals surface area contributed by atoms with E-state index in [1.165, 1.54) is 0 Å². The fourth-order valence-electron chi connectivity index (χ4n) is 4.08. The van der Waals surface area contributed by atoms with Crippen molar-refractivity contribution in [1.82, 2.24) is 20.2 Å². The molecule has 0 atom stereocenters. The van der Waals surface area contributed by atoms with Gasteiger partial charge in [0.25, 0.3) is 5.91 Å². The standard InChI is InChI=1S/C27H24N7O2/c28-26-19-11-9-18(14-21(19)33-34-26)22-15-30-23(31-22)12-10-17-7-4-8-20(27(29)36)25(17)32-24(35)13-16-5-2-1-3-6-16/h1-9,11-12,14-15H,10,13H2,(H2,29,36)(H,30,31)(H,32,35)(H3,28,33,34). The Morgan fingerprint density at radius 2 is 1.86 bits per heavy atom. The van der Waals surface area contributed by atoms with Gasteiger partial charge >= 0.3 is 0 Å². The number of benzene rings is 3. The number of carbonyl (C=O) groups excluding carboxylic acids is 2. The van der Waals surface area contributed by atoms with Gasteiger partial charge in [0, 0.05) is 23.6 Å². The number of fused-ring (bicyclic) bond motifs is 1. The number of imidazole rings is 1. The van der Waals surface area contributed by atoms with Crippen molar-refractivity contribution in [2.24, 2.45) is 5.73 Å². The highest BCUT2D eigenvalue weighted by atomic mass is 16.2. The number of aromatic amines is 2. The van der Waals surface area contributed by atoms with E-state index >= 15 is 0 Å². The first-order valence-corrected chi connectivity index (χ1v) is 11.4. The molecular formula is C27H24N7O2. The Hall–Kier alpha value is -4.92. The highest BCUT2D eigenvalue weighted by molar-refractivity contribution is 6.04.